The van der Waals surface area contributed by atoms with E-state index in [1.54, 1.807) is 13.3 Å². The standard InChI is InChI=1S/C11H10BrClN2O/c1-16-8-3-11(4-8,6-14)7-2-9(12)10(13)15-5-7/h2,5,8H,3-4H2,1H3. The molecule has 84 valence electrons. The molecule has 3 nitrogen and oxygen atoms in total. The van der Waals surface area contributed by atoms with Crippen LogP contribution in [-0.4, -0.2) is 18.2 Å². The van der Waals surface area contributed by atoms with E-state index in [-0.39, 0.29) is 6.10 Å². The van der Waals surface area contributed by atoms with Gasteiger partial charge in [-0.3, -0.25) is 0 Å². The molecular weight excluding hydrogens is 291 g/mol. The van der Waals surface area contributed by atoms with Gasteiger partial charge in [-0.25, -0.2) is 4.98 Å². The molecule has 2 rings (SSSR count). The van der Waals surface area contributed by atoms with Crippen LogP contribution in [0.2, 0.25) is 5.15 Å². The van der Waals surface area contributed by atoms with Crippen LogP contribution < -0.4 is 0 Å². The lowest BCUT2D eigenvalue weighted by atomic mass is 9.64. The summed E-state index contributed by atoms with van der Waals surface area (Å²) in [5.74, 6) is 0. The number of aromatic nitrogens is 1. The van der Waals surface area contributed by atoms with Crippen LogP contribution in [0.15, 0.2) is 16.7 Å². The second-order valence-corrected chi connectivity index (χ2v) is 5.17. The Morgan fingerprint density at radius 3 is 2.88 bits per heavy atom. The summed E-state index contributed by atoms with van der Waals surface area (Å²) < 4.78 is 5.93. The van der Waals surface area contributed by atoms with E-state index in [1.807, 2.05) is 6.07 Å². The maximum atomic E-state index is 9.28. The van der Waals surface area contributed by atoms with Crippen LogP contribution in [0.25, 0.3) is 0 Å². The van der Waals surface area contributed by atoms with Crippen molar-refractivity contribution in [2.45, 2.75) is 24.4 Å². The van der Waals surface area contributed by atoms with Gasteiger partial charge < -0.3 is 4.74 Å². The molecule has 16 heavy (non-hydrogen) atoms. The Labute approximate surface area is 108 Å². The fourth-order valence-corrected chi connectivity index (χ4v) is 2.41. The molecule has 0 saturated heterocycles. The molecule has 0 N–H and O–H groups in total. The van der Waals surface area contributed by atoms with Crippen molar-refractivity contribution in [3.8, 4) is 6.07 Å². The Morgan fingerprint density at radius 1 is 1.69 bits per heavy atom. The summed E-state index contributed by atoms with van der Waals surface area (Å²) >= 11 is 9.14. The molecule has 0 amide bonds. The fourth-order valence-electron chi connectivity index (χ4n) is 1.96. The highest BCUT2D eigenvalue weighted by molar-refractivity contribution is 9.10. The van der Waals surface area contributed by atoms with Crippen molar-refractivity contribution in [3.05, 3.63) is 27.5 Å². The summed E-state index contributed by atoms with van der Waals surface area (Å²) in [7, 11) is 1.67. The first-order valence-corrected chi connectivity index (χ1v) is 6.04. The smallest absolute Gasteiger partial charge is 0.143 e. The molecule has 1 aromatic rings. The number of hydrogen-bond acceptors (Lipinski definition) is 3. The van der Waals surface area contributed by atoms with Gasteiger partial charge in [-0.15, -0.1) is 0 Å². The van der Waals surface area contributed by atoms with Crippen LogP contribution >= 0.6 is 27.5 Å². The number of pyridine rings is 1. The highest BCUT2D eigenvalue weighted by Gasteiger charge is 2.46. The summed E-state index contributed by atoms with van der Waals surface area (Å²) in [5.41, 5.74) is 0.445. The zero-order chi connectivity index (χ0) is 11.8. The Hall–Kier alpha value is -0.630. The van der Waals surface area contributed by atoms with Gasteiger partial charge in [-0.05, 0) is 40.4 Å². The van der Waals surface area contributed by atoms with Crippen LogP contribution in [0.5, 0.6) is 0 Å². The lowest BCUT2D eigenvalue weighted by Crippen LogP contribution is -2.44. The summed E-state index contributed by atoms with van der Waals surface area (Å²) in [6.45, 7) is 0. The van der Waals surface area contributed by atoms with Gasteiger partial charge >= 0.3 is 0 Å². The van der Waals surface area contributed by atoms with E-state index >= 15 is 0 Å². The maximum Gasteiger partial charge on any atom is 0.143 e. The number of halogens is 2. The molecule has 5 heteroatoms. The van der Waals surface area contributed by atoms with Crippen LogP contribution in [0.3, 0.4) is 0 Å². The molecule has 0 bridgehead atoms. The van der Waals surface area contributed by atoms with Gasteiger partial charge in [0.05, 0.1) is 22.1 Å². The van der Waals surface area contributed by atoms with Gasteiger partial charge in [-0.2, -0.15) is 5.26 Å². The summed E-state index contributed by atoms with van der Waals surface area (Å²) in [4.78, 5) is 4.05. The Bertz CT molecular complexity index is 452. The lowest BCUT2D eigenvalue weighted by molar-refractivity contribution is 0.00237. The molecule has 0 aromatic carbocycles. The molecule has 0 aliphatic heterocycles. The predicted molar refractivity (Wildman–Crippen MR) is 64.3 cm³/mol. The second-order valence-electron chi connectivity index (χ2n) is 3.96. The molecule has 1 fully saturated rings. The van der Waals surface area contributed by atoms with Gasteiger partial charge in [0.15, 0.2) is 0 Å². The highest BCUT2D eigenvalue weighted by atomic mass is 79.9. The third-order valence-corrected chi connectivity index (χ3v) is 4.18. The number of nitriles is 1. The minimum Gasteiger partial charge on any atom is -0.381 e. The van der Waals surface area contributed by atoms with E-state index in [4.69, 9.17) is 16.3 Å². The van der Waals surface area contributed by atoms with E-state index in [9.17, 15) is 5.26 Å². The molecule has 0 radical (unpaired) electrons. The highest BCUT2D eigenvalue weighted by Crippen LogP contribution is 2.45. The first kappa shape index (κ1) is 11.8. The summed E-state index contributed by atoms with van der Waals surface area (Å²) in [6.07, 6.45) is 3.28. The fraction of sp³-hybridized carbons (Fsp3) is 0.455. The van der Waals surface area contributed by atoms with Crippen LogP contribution in [0.4, 0.5) is 0 Å². The number of methoxy groups -OCH3 is 1. The molecule has 1 heterocycles. The molecule has 0 atom stereocenters. The molecule has 1 saturated carbocycles. The molecule has 0 unspecified atom stereocenters. The monoisotopic (exact) mass is 300 g/mol. The first-order valence-electron chi connectivity index (χ1n) is 4.87. The van der Waals surface area contributed by atoms with Gasteiger partial charge in [0.1, 0.15) is 5.15 Å². The van der Waals surface area contributed by atoms with Gasteiger partial charge in [-0.1, -0.05) is 11.6 Å². The third-order valence-electron chi connectivity index (χ3n) is 3.05. The van der Waals surface area contributed by atoms with Crippen molar-refractivity contribution >= 4 is 27.5 Å². The Morgan fingerprint density at radius 2 is 2.38 bits per heavy atom. The molecule has 1 aromatic heterocycles. The number of rotatable bonds is 2. The van der Waals surface area contributed by atoms with Gasteiger partial charge in [0, 0.05) is 13.3 Å². The van der Waals surface area contributed by atoms with E-state index in [1.165, 1.54) is 0 Å². The quantitative estimate of drug-likeness (QED) is 0.789. The van der Waals surface area contributed by atoms with Crippen molar-refractivity contribution in [1.29, 1.82) is 5.26 Å². The van der Waals surface area contributed by atoms with E-state index < -0.39 is 5.41 Å². The third kappa shape index (κ3) is 1.84. The molecule has 1 aliphatic carbocycles. The molecular formula is C11H10BrClN2O. The predicted octanol–water partition coefficient (Wildman–Crippen LogP) is 3.07. The van der Waals surface area contributed by atoms with Crippen LogP contribution in [-0.2, 0) is 10.2 Å². The average molecular weight is 302 g/mol. The van der Waals surface area contributed by atoms with Crippen molar-refractivity contribution in [2.24, 2.45) is 0 Å². The number of ether oxygens (including phenoxy) is 1. The van der Waals surface area contributed by atoms with Crippen molar-refractivity contribution in [3.63, 3.8) is 0 Å². The van der Waals surface area contributed by atoms with Gasteiger partial charge in [0.2, 0.25) is 0 Å². The van der Waals surface area contributed by atoms with E-state index in [0.29, 0.717) is 5.15 Å². The molecule has 1 aliphatic rings. The zero-order valence-electron chi connectivity index (χ0n) is 8.70. The average Bonchev–Trinajstić information content (AvgIpc) is 2.23. The summed E-state index contributed by atoms with van der Waals surface area (Å²) in [6, 6.07) is 4.22. The second kappa shape index (κ2) is 4.33. The van der Waals surface area contributed by atoms with Crippen LogP contribution in [0, 0.1) is 11.3 Å². The normalized spacial score (nSPS) is 28.2. The minimum atomic E-state index is -0.458. The molecule has 0 spiro atoms. The van der Waals surface area contributed by atoms with Crippen LogP contribution in [0.1, 0.15) is 18.4 Å². The SMILES string of the molecule is COC1CC(C#N)(c2cnc(Cl)c(Br)c2)C1. The zero-order valence-corrected chi connectivity index (χ0v) is 11.0. The topological polar surface area (TPSA) is 45.9 Å². The lowest BCUT2D eigenvalue weighted by Gasteiger charge is -2.41. The van der Waals surface area contributed by atoms with Gasteiger partial charge in [0.25, 0.3) is 0 Å². The van der Waals surface area contributed by atoms with Crippen molar-refractivity contribution in [1.82, 2.24) is 4.98 Å². The van der Waals surface area contributed by atoms with Crippen molar-refractivity contribution < 1.29 is 4.74 Å². The van der Waals surface area contributed by atoms with E-state index in [2.05, 4.69) is 27.0 Å². The Balaban J connectivity index is 2.30. The van der Waals surface area contributed by atoms with E-state index in [0.717, 1.165) is 22.9 Å². The maximum absolute atomic E-state index is 9.28. The van der Waals surface area contributed by atoms with Crippen molar-refractivity contribution in [2.75, 3.05) is 7.11 Å². The number of nitrogens with zero attached hydrogens (tertiary/aromatic N) is 2. The minimum absolute atomic E-state index is 0.175. The first-order chi connectivity index (χ1) is 7.61. The number of hydrogen-bond donors (Lipinski definition) is 0. The largest absolute Gasteiger partial charge is 0.381 e. The summed E-state index contributed by atoms with van der Waals surface area (Å²) in [5, 5.41) is 9.70. The Kier molecular flexibility index (Phi) is 3.20.